The number of benzene rings is 1. The minimum atomic E-state index is -0.792. The third-order valence-corrected chi connectivity index (χ3v) is 2.91. The van der Waals surface area contributed by atoms with Gasteiger partial charge in [-0.1, -0.05) is 19.1 Å². The molecule has 2 nitrogen and oxygen atoms in total. The first kappa shape index (κ1) is 14.1. The Labute approximate surface area is 101 Å². The van der Waals surface area contributed by atoms with Gasteiger partial charge in [-0.25, -0.2) is 8.78 Å². The van der Waals surface area contributed by atoms with Crippen LogP contribution in [-0.2, 0) is 4.74 Å². The van der Waals surface area contributed by atoms with Gasteiger partial charge in [-0.15, -0.1) is 0 Å². The van der Waals surface area contributed by atoms with Gasteiger partial charge in [0.15, 0.2) is 11.6 Å². The zero-order valence-electron chi connectivity index (χ0n) is 10.7. The number of ether oxygens (including phenoxy) is 1. The molecule has 0 aromatic heterocycles. The molecule has 0 heterocycles. The van der Waals surface area contributed by atoms with Crippen molar-refractivity contribution >= 4 is 0 Å². The van der Waals surface area contributed by atoms with Gasteiger partial charge in [-0.2, -0.15) is 0 Å². The molecule has 1 rings (SSSR count). The molecule has 0 fully saturated rings. The fourth-order valence-electron chi connectivity index (χ4n) is 1.79. The Morgan fingerprint density at radius 3 is 2.47 bits per heavy atom. The van der Waals surface area contributed by atoms with Crippen LogP contribution in [0.15, 0.2) is 12.1 Å². The number of halogens is 2. The van der Waals surface area contributed by atoms with Crippen molar-refractivity contribution in [1.29, 1.82) is 0 Å². The van der Waals surface area contributed by atoms with Crippen molar-refractivity contribution in [3.8, 4) is 0 Å². The lowest BCUT2D eigenvalue weighted by Crippen LogP contribution is -2.32. The maximum absolute atomic E-state index is 13.9. The quantitative estimate of drug-likeness (QED) is 0.858. The lowest BCUT2D eigenvalue weighted by atomic mass is 9.99. The number of nitrogens with one attached hydrogen (secondary N) is 1. The number of hydrogen-bond donors (Lipinski definition) is 1. The maximum atomic E-state index is 13.9. The second-order valence-electron chi connectivity index (χ2n) is 4.08. The van der Waals surface area contributed by atoms with Crippen molar-refractivity contribution in [3.05, 3.63) is 34.9 Å². The van der Waals surface area contributed by atoms with E-state index in [-0.39, 0.29) is 12.1 Å². The molecule has 0 aliphatic carbocycles. The zero-order chi connectivity index (χ0) is 13.0. The lowest BCUT2D eigenvalue weighted by molar-refractivity contribution is 0.0821. The summed E-state index contributed by atoms with van der Waals surface area (Å²) < 4.78 is 32.6. The summed E-state index contributed by atoms with van der Waals surface area (Å²) in [4.78, 5) is 0. The standard InChI is InChI=1S/C13H19F2NO/c1-5-16-13(9(3)17-4)10-7-6-8(2)11(14)12(10)15/h6-7,9,13,16H,5H2,1-4H3. The number of rotatable bonds is 5. The summed E-state index contributed by atoms with van der Waals surface area (Å²) in [6, 6.07) is 2.84. The van der Waals surface area contributed by atoms with Crippen LogP contribution in [0, 0.1) is 18.6 Å². The van der Waals surface area contributed by atoms with Gasteiger partial charge in [0.25, 0.3) is 0 Å². The number of hydrogen-bond acceptors (Lipinski definition) is 2. The van der Waals surface area contributed by atoms with Gasteiger partial charge in [0.05, 0.1) is 12.1 Å². The molecule has 2 unspecified atom stereocenters. The van der Waals surface area contributed by atoms with Gasteiger partial charge < -0.3 is 10.1 Å². The molecule has 1 aromatic rings. The third kappa shape index (κ3) is 3.01. The highest BCUT2D eigenvalue weighted by Crippen LogP contribution is 2.25. The van der Waals surface area contributed by atoms with Crippen molar-refractivity contribution in [1.82, 2.24) is 5.32 Å². The minimum Gasteiger partial charge on any atom is -0.380 e. The molecular formula is C13H19F2NO. The van der Waals surface area contributed by atoms with Crippen LogP contribution >= 0.6 is 0 Å². The van der Waals surface area contributed by atoms with Crippen molar-refractivity contribution in [2.24, 2.45) is 0 Å². The summed E-state index contributed by atoms with van der Waals surface area (Å²) in [5.41, 5.74) is 0.621. The van der Waals surface area contributed by atoms with Gasteiger partial charge in [0, 0.05) is 12.7 Å². The van der Waals surface area contributed by atoms with Crippen LogP contribution in [0.2, 0.25) is 0 Å². The molecule has 4 heteroatoms. The van der Waals surface area contributed by atoms with Crippen LogP contribution in [0.4, 0.5) is 8.78 Å². The van der Waals surface area contributed by atoms with E-state index in [2.05, 4.69) is 5.32 Å². The van der Waals surface area contributed by atoms with Crippen LogP contribution in [0.1, 0.15) is 31.0 Å². The number of methoxy groups -OCH3 is 1. The summed E-state index contributed by atoms with van der Waals surface area (Å²) in [5.74, 6) is -1.58. The molecule has 0 radical (unpaired) electrons. The highest BCUT2D eigenvalue weighted by atomic mass is 19.2. The van der Waals surface area contributed by atoms with Gasteiger partial charge in [0.1, 0.15) is 0 Å². The second-order valence-corrected chi connectivity index (χ2v) is 4.08. The monoisotopic (exact) mass is 243 g/mol. The van der Waals surface area contributed by atoms with Crippen LogP contribution in [0.5, 0.6) is 0 Å². The van der Waals surface area contributed by atoms with Gasteiger partial charge in [-0.05, 0) is 26.0 Å². The summed E-state index contributed by atoms with van der Waals surface area (Å²) in [6.07, 6.45) is -0.230. The predicted octanol–water partition coefficient (Wildman–Crippen LogP) is 2.96. The van der Waals surface area contributed by atoms with Crippen LogP contribution in [0.25, 0.3) is 0 Å². The van der Waals surface area contributed by atoms with E-state index in [1.807, 2.05) is 13.8 Å². The van der Waals surface area contributed by atoms with Crippen molar-refractivity contribution in [3.63, 3.8) is 0 Å². The predicted molar refractivity (Wildman–Crippen MR) is 64.0 cm³/mol. The number of likely N-dealkylation sites (N-methyl/N-ethyl adjacent to an activating group) is 1. The Kier molecular flexibility index (Phi) is 5.02. The summed E-state index contributed by atoms with van der Waals surface area (Å²) in [5, 5.41) is 3.11. The molecule has 0 saturated heterocycles. The number of aryl methyl sites for hydroxylation is 1. The molecule has 0 saturated carbocycles. The second kappa shape index (κ2) is 6.07. The molecule has 17 heavy (non-hydrogen) atoms. The first-order chi connectivity index (χ1) is 8.02. The van der Waals surface area contributed by atoms with Gasteiger partial charge in [-0.3, -0.25) is 0 Å². The van der Waals surface area contributed by atoms with E-state index in [1.165, 1.54) is 0 Å². The normalized spacial score (nSPS) is 14.7. The van der Waals surface area contributed by atoms with E-state index in [0.29, 0.717) is 17.7 Å². The molecule has 1 aromatic carbocycles. The maximum Gasteiger partial charge on any atom is 0.163 e. The molecular weight excluding hydrogens is 224 g/mol. The Morgan fingerprint density at radius 2 is 1.94 bits per heavy atom. The first-order valence-corrected chi connectivity index (χ1v) is 5.73. The average Bonchev–Trinajstić information content (AvgIpc) is 2.33. The topological polar surface area (TPSA) is 21.3 Å². The highest BCUT2D eigenvalue weighted by Gasteiger charge is 2.23. The Morgan fingerprint density at radius 1 is 1.29 bits per heavy atom. The summed E-state index contributed by atoms with van der Waals surface area (Å²) >= 11 is 0. The van der Waals surface area contributed by atoms with Gasteiger partial charge >= 0.3 is 0 Å². The summed E-state index contributed by atoms with van der Waals surface area (Å²) in [7, 11) is 1.55. The van der Waals surface area contributed by atoms with E-state index < -0.39 is 11.6 Å². The SMILES string of the molecule is CCNC(c1ccc(C)c(F)c1F)C(C)OC. The van der Waals surface area contributed by atoms with E-state index >= 15 is 0 Å². The highest BCUT2D eigenvalue weighted by molar-refractivity contribution is 5.28. The zero-order valence-corrected chi connectivity index (χ0v) is 10.7. The molecule has 1 N–H and O–H groups in total. The van der Waals surface area contributed by atoms with Crippen molar-refractivity contribution in [2.45, 2.75) is 32.9 Å². The minimum absolute atomic E-state index is 0.230. The molecule has 0 bridgehead atoms. The van der Waals surface area contributed by atoms with E-state index in [1.54, 1.807) is 26.2 Å². The summed E-state index contributed by atoms with van der Waals surface area (Å²) in [6.45, 7) is 5.94. The molecule has 96 valence electrons. The van der Waals surface area contributed by atoms with Crippen molar-refractivity contribution < 1.29 is 13.5 Å². The van der Waals surface area contributed by atoms with Crippen molar-refractivity contribution in [2.75, 3.05) is 13.7 Å². The van der Waals surface area contributed by atoms with Gasteiger partial charge in [0.2, 0.25) is 0 Å². The van der Waals surface area contributed by atoms with E-state index in [9.17, 15) is 8.78 Å². The van der Waals surface area contributed by atoms with Crippen LogP contribution in [-0.4, -0.2) is 19.8 Å². The average molecular weight is 243 g/mol. The van der Waals surface area contributed by atoms with Crippen LogP contribution < -0.4 is 5.32 Å². The Bertz CT molecular complexity index is 382. The molecule has 0 spiro atoms. The molecule has 0 aliphatic heterocycles. The molecule has 2 atom stereocenters. The first-order valence-electron chi connectivity index (χ1n) is 5.73. The largest absolute Gasteiger partial charge is 0.380 e. The Balaban J connectivity index is 3.14. The van der Waals surface area contributed by atoms with Crippen LogP contribution in [0.3, 0.4) is 0 Å². The lowest BCUT2D eigenvalue weighted by Gasteiger charge is -2.24. The fourth-order valence-corrected chi connectivity index (χ4v) is 1.79. The smallest absolute Gasteiger partial charge is 0.163 e. The molecule has 0 aliphatic rings. The third-order valence-electron chi connectivity index (χ3n) is 2.91. The molecule has 0 amide bonds. The fraction of sp³-hybridized carbons (Fsp3) is 0.538. The van der Waals surface area contributed by atoms with E-state index in [0.717, 1.165) is 0 Å². The Hall–Kier alpha value is -1.00. The van der Waals surface area contributed by atoms with E-state index in [4.69, 9.17) is 4.74 Å².